The van der Waals surface area contributed by atoms with Gasteiger partial charge in [0.05, 0.1) is 12.0 Å². The topological polar surface area (TPSA) is 92.8 Å². The molecule has 1 aliphatic heterocycles. The molecule has 1 N–H and O–H groups in total. The summed E-state index contributed by atoms with van der Waals surface area (Å²) in [6.07, 6.45) is 0.907. The van der Waals surface area contributed by atoms with Crippen molar-refractivity contribution < 1.29 is 22.7 Å². The number of piperidine rings is 1. The quantitative estimate of drug-likeness (QED) is 0.520. The van der Waals surface area contributed by atoms with Crippen LogP contribution in [0.25, 0.3) is 10.8 Å². The second-order valence-electron chi connectivity index (χ2n) is 8.53. The number of ketones is 1. The van der Waals surface area contributed by atoms with E-state index in [9.17, 15) is 18.0 Å². The van der Waals surface area contributed by atoms with Gasteiger partial charge >= 0.3 is 0 Å². The monoisotopic (exact) mass is 480 g/mol. The van der Waals surface area contributed by atoms with Gasteiger partial charge in [0, 0.05) is 31.1 Å². The van der Waals surface area contributed by atoms with Crippen LogP contribution in [0.4, 0.5) is 0 Å². The number of sulfonamides is 1. The molecule has 0 atom stereocenters. The lowest BCUT2D eigenvalue weighted by Gasteiger charge is -2.30. The van der Waals surface area contributed by atoms with E-state index < -0.39 is 10.0 Å². The first-order chi connectivity index (χ1) is 16.3. The molecule has 3 aromatic rings. The number of fused-ring (bicyclic) bond motifs is 1. The molecule has 0 radical (unpaired) electrons. The first-order valence-corrected chi connectivity index (χ1v) is 12.7. The highest BCUT2D eigenvalue weighted by Crippen LogP contribution is 2.25. The Balaban J connectivity index is 1.34. The van der Waals surface area contributed by atoms with Crippen molar-refractivity contribution in [2.75, 3.05) is 20.2 Å². The molecule has 0 spiro atoms. The molecule has 8 heteroatoms. The predicted octanol–water partition coefficient (Wildman–Crippen LogP) is 3.77. The summed E-state index contributed by atoms with van der Waals surface area (Å²) in [6, 6.07) is 18.0. The Bertz CT molecular complexity index is 1330. The predicted molar refractivity (Wildman–Crippen MR) is 130 cm³/mol. The van der Waals surface area contributed by atoms with Gasteiger partial charge in [0.15, 0.2) is 5.78 Å². The number of hydrogen-bond donors (Lipinski definition) is 1. The Morgan fingerprint density at radius 3 is 2.41 bits per heavy atom. The van der Waals surface area contributed by atoms with Gasteiger partial charge in [-0.3, -0.25) is 9.59 Å². The number of carbonyl (C=O) groups is 2. The summed E-state index contributed by atoms with van der Waals surface area (Å²) in [5, 5.41) is 5.13. The standard InChI is InChI=1S/C26H28N2O5S/c1-18(29)21-4-3-5-25(16-21)34(31,32)28-12-10-20(11-13-28)26(30)27-17-19-6-7-23-15-24(33-2)9-8-22(23)14-19/h3-9,14-16,20H,10-13,17H2,1-2H3,(H,27,30). The third-order valence-electron chi connectivity index (χ3n) is 6.28. The van der Waals surface area contributed by atoms with Gasteiger partial charge in [-0.25, -0.2) is 8.42 Å². The van der Waals surface area contributed by atoms with Gasteiger partial charge in [0.2, 0.25) is 15.9 Å². The van der Waals surface area contributed by atoms with E-state index >= 15 is 0 Å². The highest BCUT2D eigenvalue weighted by Gasteiger charge is 2.32. The van der Waals surface area contributed by atoms with Crippen LogP contribution in [0.3, 0.4) is 0 Å². The maximum atomic E-state index is 13.0. The van der Waals surface area contributed by atoms with Gasteiger partial charge in [-0.15, -0.1) is 0 Å². The molecule has 3 aromatic carbocycles. The lowest BCUT2D eigenvalue weighted by molar-refractivity contribution is -0.126. The van der Waals surface area contributed by atoms with E-state index in [1.165, 1.54) is 23.4 Å². The summed E-state index contributed by atoms with van der Waals surface area (Å²) in [5.74, 6) is 0.317. The van der Waals surface area contributed by atoms with E-state index in [-0.39, 0.29) is 35.6 Å². The molecule has 4 rings (SSSR count). The van der Waals surface area contributed by atoms with Gasteiger partial charge in [0.1, 0.15) is 5.75 Å². The first-order valence-electron chi connectivity index (χ1n) is 11.2. The highest BCUT2D eigenvalue weighted by atomic mass is 32.2. The summed E-state index contributed by atoms with van der Waals surface area (Å²) < 4.78 is 32.7. The zero-order chi connectivity index (χ0) is 24.3. The van der Waals surface area contributed by atoms with Gasteiger partial charge < -0.3 is 10.1 Å². The number of nitrogens with one attached hydrogen (secondary N) is 1. The molecule has 0 aromatic heterocycles. The highest BCUT2D eigenvalue weighted by molar-refractivity contribution is 7.89. The smallest absolute Gasteiger partial charge is 0.243 e. The summed E-state index contributed by atoms with van der Waals surface area (Å²) in [5.41, 5.74) is 1.36. The summed E-state index contributed by atoms with van der Waals surface area (Å²) in [7, 11) is -2.07. The molecule has 0 bridgehead atoms. The maximum Gasteiger partial charge on any atom is 0.243 e. The average molecular weight is 481 g/mol. The summed E-state index contributed by atoms with van der Waals surface area (Å²) in [4.78, 5) is 24.5. The van der Waals surface area contributed by atoms with E-state index in [0.717, 1.165) is 22.1 Å². The fraction of sp³-hybridized carbons (Fsp3) is 0.308. The zero-order valence-electron chi connectivity index (χ0n) is 19.3. The van der Waals surface area contributed by atoms with E-state index in [4.69, 9.17) is 4.74 Å². The molecule has 178 valence electrons. The molecule has 7 nitrogen and oxygen atoms in total. The average Bonchev–Trinajstić information content (AvgIpc) is 2.87. The van der Waals surface area contributed by atoms with Gasteiger partial charge in [-0.05, 0) is 66.4 Å². The second-order valence-corrected chi connectivity index (χ2v) is 10.5. The van der Waals surface area contributed by atoms with Crippen LogP contribution in [0.5, 0.6) is 5.75 Å². The Hall–Kier alpha value is -3.23. The zero-order valence-corrected chi connectivity index (χ0v) is 20.1. The molecule has 0 aliphatic carbocycles. The molecule has 0 saturated carbocycles. The van der Waals surface area contributed by atoms with Crippen LogP contribution in [-0.2, 0) is 21.4 Å². The van der Waals surface area contributed by atoms with E-state index in [1.54, 1.807) is 19.2 Å². The summed E-state index contributed by atoms with van der Waals surface area (Å²) in [6.45, 7) is 2.35. The molecule has 34 heavy (non-hydrogen) atoms. The Morgan fingerprint density at radius 1 is 1.00 bits per heavy atom. The van der Waals surface area contributed by atoms with Crippen LogP contribution in [-0.4, -0.2) is 44.6 Å². The molecule has 0 unspecified atom stereocenters. The van der Waals surface area contributed by atoms with Crippen LogP contribution in [0, 0.1) is 5.92 Å². The Morgan fingerprint density at radius 2 is 1.71 bits per heavy atom. The minimum Gasteiger partial charge on any atom is -0.497 e. The number of nitrogens with zero attached hydrogens (tertiary/aromatic N) is 1. The Labute approximate surface area is 199 Å². The van der Waals surface area contributed by atoms with Crippen LogP contribution >= 0.6 is 0 Å². The van der Waals surface area contributed by atoms with Crippen LogP contribution in [0.1, 0.15) is 35.7 Å². The van der Waals surface area contributed by atoms with Crippen molar-refractivity contribution >= 4 is 32.5 Å². The van der Waals surface area contributed by atoms with Crippen LogP contribution in [0.2, 0.25) is 0 Å². The van der Waals surface area contributed by atoms with Crippen molar-refractivity contribution in [3.8, 4) is 5.75 Å². The normalized spacial score (nSPS) is 15.2. The van der Waals surface area contributed by atoms with Crippen molar-refractivity contribution in [3.05, 3.63) is 71.8 Å². The number of ether oxygens (including phenoxy) is 1. The van der Waals surface area contributed by atoms with Crippen molar-refractivity contribution in [1.82, 2.24) is 9.62 Å². The van der Waals surface area contributed by atoms with Crippen LogP contribution in [0.15, 0.2) is 65.6 Å². The number of benzene rings is 3. The molecule has 1 saturated heterocycles. The Kier molecular flexibility index (Phi) is 7.00. The number of carbonyl (C=O) groups excluding carboxylic acids is 2. The molecule has 1 aliphatic rings. The molecule has 1 fully saturated rings. The lowest BCUT2D eigenvalue weighted by atomic mass is 9.97. The third kappa shape index (κ3) is 5.13. The molecule has 1 amide bonds. The number of amides is 1. The minimum absolute atomic E-state index is 0.0644. The van der Waals surface area contributed by atoms with Crippen molar-refractivity contribution in [1.29, 1.82) is 0 Å². The number of methoxy groups -OCH3 is 1. The minimum atomic E-state index is -3.71. The maximum absolute atomic E-state index is 13.0. The molecular formula is C26H28N2O5S. The van der Waals surface area contributed by atoms with Gasteiger partial charge in [-0.2, -0.15) is 4.31 Å². The fourth-order valence-corrected chi connectivity index (χ4v) is 5.74. The first kappa shape index (κ1) is 23.9. The van der Waals surface area contributed by atoms with Crippen molar-refractivity contribution in [2.45, 2.75) is 31.2 Å². The number of Topliss-reactive ketones (excluding diaryl/α,β-unsaturated/α-hetero) is 1. The number of rotatable bonds is 7. The van der Waals surface area contributed by atoms with E-state index in [0.29, 0.717) is 24.9 Å². The second kappa shape index (κ2) is 9.95. The lowest BCUT2D eigenvalue weighted by Crippen LogP contribution is -2.42. The third-order valence-corrected chi connectivity index (χ3v) is 8.18. The van der Waals surface area contributed by atoms with E-state index in [2.05, 4.69) is 5.32 Å². The fourth-order valence-electron chi connectivity index (χ4n) is 4.23. The van der Waals surface area contributed by atoms with Crippen LogP contribution < -0.4 is 10.1 Å². The van der Waals surface area contributed by atoms with Crippen molar-refractivity contribution in [2.24, 2.45) is 5.92 Å². The van der Waals surface area contributed by atoms with Gasteiger partial charge in [-0.1, -0.05) is 30.3 Å². The SMILES string of the molecule is COc1ccc2cc(CNC(=O)C3CCN(S(=O)(=O)c4cccc(C(C)=O)c4)CC3)ccc2c1. The largest absolute Gasteiger partial charge is 0.497 e. The van der Waals surface area contributed by atoms with Gasteiger partial charge in [0.25, 0.3) is 0 Å². The number of hydrogen-bond acceptors (Lipinski definition) is 5. The molecular weight excluding hydrogens is 452 g/mol. The van der Waals surface area contributed by atoms with E-state index in [1.807, 2.05) is 36.4 Å². The summed E-state index contributed by atoms with van der Waals surface area (Å²) >= 11 is 0. The molecule has 1 heterocycles. The van der Waals surface area contributed by atoms with Crippen molar-refractivity contribution in [3.63, 3.8) is 0 Å².